The Labute approximate surface area is 75.2 Å². The van der Waals surface area contributed by atoms with Crippen LogP contribution < -0.4 is 0 Å². The maximum atomic E-state index is 5.67. The first-order valence-corrected chi connectivity index (χ1v) is 4.98. The van der Waals surface area contributed by atoms with Gasteiger partial charge in [-0.15, -0.1) is 0 Å². The summed E-state index contributed by atoms with van der Waals surface area (Å²) >= 11 is 0. The van der Waals surface area contributed by atoms with E-state index in [2.05, 4.69) is 13.8 Å². The molecule has 0 aromatic rings. The minimum absolute atomic E-state index is 0.373. The average Bonchev–Trinajstić information content (AvgIpc) is 2.05. The van der Waals surface area contributed by atoms with E-state index in [1.165, 1.54) is 6.42 Å². The summed E-state index contributed by atoms with van der Waals surface area (Å²) in [6.45, 7) is 7.06. The Hall–Kier alpha value is -0.0800. The van der Waals surface area contributed by atoms with Gasteiger partial charge in [-0.2, -0.15) is 0 Å². The lowest BCUT2D eigenvalue weighted by atomic mass is 10.1. The minimum atomic E-state index is 0.373. The summed E-state index contributed by atoms with van der Waals surface area (Å²) in [5.41, 5.74) is 0. The fourth-order valence-electron chi connectivity index (χ4n) is 1.31. The molecule has 0 unspecified atom stereocenters. The Kier molecular flexibility index (Phi) is 4.62. The highest BCUT2D eigenvalue weighted by Gasteiger charge is 2.13. The first-order chi connectivity index (χ1) is 5.79. The van der Waals surface area contributed by atoms with E-state index in [1.807, 2.05) is 0 Å². The second-order valence-corrected chi connectivity index (χ2v) is 3.89. The van der Waals surface area contributed by atoms with Crippen molar-refractivity contribution in [3.05, 3.63) is 0 Å². The van der Waals surface area contributed by atoms with Gasteiger partial charge in [0.2, 0.25) is 0 Å². The van der Waals surface area contributed by atoms with Crippen LogP contribution in [0.1, 0.15) is 33.1 Å². The predicted octanol–water partition coefficient (Wildman–Crippen LogP) is 2.23. The van der Waals surface area contributed by atoms with Gasteiger partial charge < -0.3 is 9.47 Å². The molecule has 1 saturated heterocycles. The molecular weight excluding hydrogens is 152 g/mol. The molecule has 72 valence electrons. The molecule has 0 spiro atoms. The Bertz CT molecular complexity index is 106. The van der Waals surface area contributed by atoms with Crippen molar-refractivity contribution in [2.45, 2.75) is 39.2 Å². The van der Waals surface area contributed by atoms with E-state index in [4.69, 9.17) is 9.47 Å². The van der Waals surface area contributed by atoms with Crippen LogP contribution in [0.25, 0.3) is 0 Å². The lowest BCUT2D eigenvalue weighted by Gasteiger charge is -2.22. The zero-order valence-electron chi connectivity index (χ0n) is 8.21. The molecule has 1 aliphatic heterocycles. The van der Waals surface area contributed by atoms with Gasteiger partial charge in [-0.1, -0.05) is 13.8 Å². The predicted molar refractivity (Wildman–Crippen MR) is 49.2 cm³/mol. The smallest absolute Gasteiger partial charge is 0.0809 e. The van der Waals surface area contributed by atoms with Crippen LogP contribution in [0.5, 0.6) is 0 Å². The second-order valence-electron chi connectivity index (χ2n) is 3.89. The van der Waals surface area contributed by atoms with E-state index in [1.54, 1.807) is 0 Å². The highest BCUT2D eigenvalue weighted by Crippen LogP contribution is 2.11. The molecule has 2 heteroatoms. The van der Waals surface area contributed by atoms with Crippen LogP contribution in [0.4, 0.5) is 0 Å². The van der Waals surface area contributed by atoms with Gasteiger partial charge in [0.15, 0.2) is 0 Å². The van der Waals surface area contributed by atoms with Gasteiger partial charge in [0.05, 0.1) is 12.7 Å². The third kappa shape index (κ3) is 4.07. The summed E-state index contributed by atoms with van der Waals surface area (Å²) in [6.07, 6.45) is 3.87. The average molecular weight is 172 g/mol. The van der Waals surface area contributed by atoms with E-state index in [0.29, 0.717) is 6.10 Å². The molecule has 0 radical (unpaired) electrons. The van der Waals surface area contributed by atoms with Gasteiger partial charge in [0.25, 0.3) is 0 Å². The molecule has 1 heterocycles. The van der Waals surface area contributed by atoms with Gasteiger partial charge in [0, 0.05) is 13.2 Å². The molecule has 1 fully saturated rings. The lowest BCUT2D eigenvalue weighted by molar-refractivity contribution is -0.0521. The first-order valence-electron chi connectivity index (χ1n) is 4.98. The molecule has 12 heavy (non-hydrogen) atoms. The highest BCUT2D eigenvalue weighted by molar-refractivity contribution is 4.62. The van der Waals surface area contributed by atoms with Crippen molar-refractivity contribution in [3.63, 3.8) is 0 Å². The summed E-state index contributed by atoms with van der Waals surface area (Å²) in [5.74, 6) is 0.745. The molecule has 0 aliphatic carbocycles. The number of hydrogen-bond acceptors (Lipinski definition) is 2. The van der Waals surface area contributed by atoms with Gasteiger partial charge in [-0.3, -0.25) is 0 Å². The molecule has 0 aromatic carbocycles. The van der Waals surface area contributed by atoms with Crippen LogP contribution in [0, 0.1) is 5.92 Å². The molecule has 0 amide bonds. The fraction of sp³-hybridized carbons (Fsp3) is 1.00. The summed E-state index contributed by atoms with van der Waals surface area (Å²) in [7, 11) is 0. The second kappa shape index (κ2) is 5.55. The van der Waals surface area contributed by atoms with Gasteiger partial charge in [-0.05, 0) is 25.2 Å². The van der Waals surface area contributed by atoms with Crippen molar-refractivity contribution >= 4 is 0 Å². The van der Waals surface area contributed by atoms with Gasteiger partial charge in [0.1, 0.15) is 0 Å². The molecule has 0 N–H and O–H groups in total. The van der Waals surface area contributed by atoms with Crippen molar-refractivity contribution in [2.24, 2.45) is 5.92 Å². The Morgan fingerprint density at radius 3 is 2.92 bits per heavy atom. The van der Waals surface area contributed by atoms with Gasteiger partial charge >= 0.3 is 0 Å². The SMILES string of the molecule is CC(C)CCO[C@@H]1CCCOC1. The van der Waals surface area contributed by atoms with Crippen LogP contribution in [0.15, 0.2) is 0 Å². The maximum Gasteiger partial charge on any atom is 0.0809 e. The number of hydrogen-bond donors (Lipinski definition) is 0. The summed E-state index contributed by atoms with van der Waals surface area (Å²) in [5, 5.41) is 0. The van der Waals surface area contributed by atoms with Crippen LogP contribution in [-0.4, -0.2) is 25.9 Å². The molecule has 0 saturated carbocycles. The van der Waals surface area contributed by atoms with Crippen molar-refractivity contribution in [1.82, 2.24) is 0 Å². The lowest BCUT2D eigenvalue weighted by Crippen LogP contribution is -2.26. The Morgan fingerprint density at radius 1 is 1.50 bits per heavy atom. The van der Waals surface area contributed by atoms with E-state index in [0.717, 1.165) is 38.6 Å². The molecular formula is C10H20O2. The van der Waals surface area contributed by atoms with Gasteiger partial charge in [-0.25, -0.2) is 0 Å². The van der Waals surface area contributed by atoms with E-state index >= 15 is 0 Å². The van der Waals surface area contributed by atoms with Crippen LogP contribution in [0.2, 0.25) is 0 Å². The largest absolute Gasteiger partial charge is 0.379 e. The summed E-state index contributed by atoms with van der Waals surface area (Å²) in [6, 6.07) is 0. The monoisotopic (exact) mass is 172 g/mol. The maximum absolute atomic E-state index is 5.67. The zero-order chi connectivity index (χ0) is 8.81. The van der Waals surface area contributed by atoms with Crippen molar-refractivity contribution < 1.29 is 9.47 Å². The topological polar surface area (TPSA) is 18.5 Å². The van der Waals surface area contributed by atoms with E-state index < -0.39 is 0 Å². The standard InChI is InChI=1S/C10H20O2/c1-9(2)5-7-12-10-4-3-6-11-8-10/h9-10H,3-8H2,1-2H3/t10-/m1/s1. The third-order valence-electron chi connectivity index (χ3n) is 2.17. The molecule has 2 nitrogen and oxygen atoms in total. The summed E-state index contributed by atoms with van der Waals surface area (Å²) in [4.78, 5) is 0. The van der Waals surface area contributed by atoms with Crippen molar-refractivity contribution in [2.75, 3.05) is 19.8 Å². The van der Waals surface area contributed by atoms with Crippen LogP contribution >= 0.6 is 0 Å². The molecule has 0 aromatic heterocycles. The number of rotatable bonds is 4. The van der Waals surface area contributed by atoms with Crippen molar-refractivity contribution in [3.8, 4) is 0 Å². The summed E-state index contributed by atoms with van der Waals surface area (Å²) < 4.78 is 11.0. The van der Waals surface area contributed by atoms with E-state index in [9.17, 15) is 0 Å². The van der Waals surface area contributed by atoms with E-state index in [-0.39, 0.29) is 0 Å². The molecule has 0 bridgehead atoms. The number of ether oxygens (including phenoxy) is 2. The Morgan fingerprint density at radius 2 is 2.33 bits per heavy atom. The molecule has 1 aliphatic rings. The molecule has 1 rings (SSSR count). The zero-order valence-corrected chi connectivity index (χ0v) is 8.21. The normalized spacial score (nSPS) is 24.8. The quantitative estimate of drug-likeness (QED) is 0.647. The van der Waals surface area contributed by atoms with Crippen LogP contribution in [0.3, 0.4) is 0 Å². The van der Waals surface area contributed by atoms with Crippen LogP contribution in [-0.2, 0) is 9.47 Å². The molecule has 1 atom stereocenters. The fourth-order valence-corrected chi connectivity index (χ4v) is 1.31. The minimum Gasteiger partial charge on any atom is -0.379 e. The third-order valence-corrected chi connectivity index (χ3v) is 2.17. The first kappa shape index (κ1) is 10.0. The Balaban J connectivity index is 1.98. The van der Waals surface area contributed by atoms with Crippen molar-refractivity contribution in [1.29, 1.82) is 0 Å². The highest BCUT2D eigenvalue weighted by atomic mass is 16.5.